The number of hydrogen-bond acceptors (Lipinski definition) is 9. The molecule has 2 aromatic heterocycles. The van der Waals surface area contributed by atoms with Gasteiger partial charge in [-0.15, -0.1) is 6.42 Å². The first-order chi connectivity index (χ1) is 26.3. The van der Waals surface area contributed by atoms with Crippen molar-refractivity contribution in [3.05, 3.63) is 59.7 Å². The van der Waals surface area contributed by atoms with Gasteiger partial charge in [0.1, 0.15) is 46.5 Å². The number of terminal acetylenes is 1. The average Bonchev–Trinajstić information content (AvgIpc) is 3.72. The van der Waals surface area contributed by atoms with Crippen LogP contribution in [0, 0.1) is 29.4 Å². The summed E-state index contributed by atoms with van der Waals surface area (Å²) >= 11 is 0. The molecule has 4 saturated heterocycles. The minimum absolute atomic E-state index is 0.0109. The topological polar surface area (TPSA) is 93.2 Å². The molecule has 2 aromatic carbocycles. The number of carbonyl (C=O) groups is 1. The molecule has 1 aliphatic carbocycles. The molecular formula is C43H44F2N6O4. The highest BCUT2D eigenvalue weighted by Gasteiger charge is 2.67. The quantitative estimate of drug-likeness (QED) is 0.157. The van der Waals surface area contributed by atoms with E-state index >= 15 is 8.78 Å². The van der Waals surface area contributed by atoms with E-state index in [1.54, 1.807) is 24.3 Å². The van der Waals surface area contributed by atoms with Crippen molar-refractivity contribution < 1.29 is 27.8 Å². The monoisotopic (exact) mass is 746 g/mol. The number of rotatable bonds is 4. The van der Waals surface area contributed by atoms with Crippen molar-refractivity contribution in [1.82, 2.24) is 24.8 Å². The van der Waals surface area contributed by atoms with E-state index in [0.29, 0.717) is 40.7 Å². The number of halogens is 2. The third-order valence-corrected chi connectivity index (χ3v) is 13.2. The van der Waals surface area contributed by atoms with Crippen molar-refractivity contribution >= 4 is 33.6 Å². The zero-order valence-corrected chi connectivity index (χ0v) is 31.6. The highest BCUT2D eigenvalue weighted by molar-refractivity contribution is 6.03. The predicted octanol–water partition coefficient (Wildman–Crippen LogP) is 7.41. The fraction of sp³-hybridized carbons (Fsp3) is 0.488. The molecule has 55 heavy (non-hydrogen) atoms. The van der Waals surface area contributed by atoms with Crippen molar-refractivity contribution in [1.29, 1.82) is 0 Å². The molecular weight excluding hydrogens is 703 g/mol. The summed E-state index contributed by atoms with van der Waals surface area (Å²) in [6.45, 7) is 14.5. The van der Waals surface area contributed by atoms with E-state index in [0.717, 1.165) is 51.6 Å². The second kappa shape index (κ2) is 11.7. The van der Waals surface area contributed by atoms with Crippen LogP contribution in [0.2, 0.25) is 0 Å². The van der Waals surface area contributed by atoms with Gasteiger partial charge >= 0.3 is 12.1 Å². The molecule has 284 valence electrons. The van der Waals surface area contributed by atoms with Gasteiger partial charge in [0.15, 0.2) is 5.82 Å². The Labute approximate surface area is 318 Å². The number of pyridine rings is 1. The van der Waals surface area contributed by atoms with E-state index in [9.17, 15) is 4.79 Å². The molecule has 7 heterocycles. The van der Waals surface area contributed by atoms with Crippen LogP contribution in [0.15, 0.2) is 42.5 Å². The van der Waals surface area contributed by atoms with Crippen LogP contribution in [0.5, 0.6) is 11.9 Å². The minimum atomic E-state index is -0.717. The summed E-state index contributed by atoms with van der Waals surface area (Å²) in [5, 5.41) is 1.34. The van der Waals surface area contributed by atoms with Gasteiger partial charge in [0.25, 0.3) is 0 Å². The van der Waals surface area contributed by atoms with Crippen LogP contribution in [-0.4, -0.2) is 92.5 Å². The Hall–Kier alpha value is -5.02. The number of benzene rings is 2. The zero-order valence-electron chi connectivity index (χ0n) is 31.6. The molecule has 10 nitrogen and oxygen atoms in total. The fourth-order valence-corrected chi connectivity index (χ4v) is 10.7. The third kappa shape index (κ3) is 5.00. The molecule has 5 aliphatic heterocycles. The summed E-state index contributed by atoms with van der Waals surface area (Å²) in [4.78, 5) is 34.9. The lowest BCUT2D eigenvalue weighted by Gasteiger charge is -2.48. The van der Waals surface area contributed by atoms with Crippen LogP contribution in [0.4, 0.5) is 19.4 Å². The molecule has 5 fully saturated rings. The van der Waals surface area contributed by atoms with Gasteiger partial charge in [0.2, 0.25) is 5.88 Å². The summed E-state index contributed by atoms with van der Waals surface area (Å²) in [6.07, 6.45) is 10.7. The number of nitrogens with zero attached hydrogens (tertiary/aromatic N) is 6. The van der Waals surface area contributed by atoms with Crippen LogP contribution in [-0.2, 0) is 4.74 Å². The van der Waals surface area contributed by atoms with E-state index in [2.05, 4.69) is 22.3 Å². The van der Waals surface area contributed by atoms with Crippen molar-refractivity contribution in [2.24, 2.45) is 5.41 Å². The van der Waals surface area contributed by atoms with Crippen LogP contribution >= 0.6 is 0 Å². The number of fused-ring (bicyclic) bond motifs is 8. The lowest BCUT2D eigenvalue weighted by molar-refractivity contribution is 0.000928. The molecule has 0 N–H and O–H groups in total. The molecule has 4 aromatic rings. The normalized spacial score (nSPS) is 27.5. The van der Waals surface area contributed by atoms with Crippen molar-refractivity contribution in [3.63, 3.8) is 0 Å². The Morgan fingerprint density at radius 3 is 2.69 bits per heavy atom. The fourth-order valence-electron chi connectivity index (χ4n) is 10.7. The van der Waals surface area contributed by atoms with Crippen molar-refractivity contribution in [2.45, 2.75) is 102 Å². The largest absolute Gasteiger partial charge is 0.472 e. The first-order valence-corrected chi connectivity index (χ1v) is 19.4. The lowest BCUT2D eigenvalue weighted by atomic mass is 9.80. The van der Waals surface area contributed by atoms with E-state index in [-0.39, 0.29) is 63.8 Å². The zero-order chi connectivity index (χ0) is 38.2. The molecule has 10 rings (SSSR count). The third-order valence-electron chi connectivity index (χ3n) is 13.2. The van der Waals surface area contributed by atoms with Gasteiger partial charge in [-0.2, -0.15) is 9.97 Å². The van der Waals surface area contributed by atoms with Gasteiger partial charge in [-0.1, -0.05) is 42.3 Å². The number of aromatic nitrogens is 3. The number of piperazine rings is 1. The SMILES string of the molecule is C#Cc1c(F)ccc2cccc(-c3nc4c5c(nc(OCC67CC(=C)CN6CCC76CC6)nc5c3F)N3C[C@H]5CC[C@@H]([C@H]3[C@H](C)O4)N5C(=O)OC(C)(C)C)c12. The molecule has 6 aliphatic rings. The van der Waals surface area contributed by atoms with Gasteiger partial charge < -0.3 is 19.1 Å². The Kier molecular flexibility index (Phi) is 7.36. The Morgan fingerprint density at radius 1 is 1.11 bits per heavy atom. The molecule has 1 unspecified atom stereocenters. The average molecular weight is 747 g/mol. The van der Waals surface area contributed by atoms with E-state index in [4.69, 9.17) is 35.6 Å². The number of hydrogen-bond donors (Lipinski definition) is 0. The van der Waals surface area contributed by atoms with E-state index < -0.39 is 23.3 Å². The highest BCUT2D eigenvalue weighted by atomic mass is 19.1. The number of amides is 1. The summed E-state index contributed by atoms with van der Waals surface area (Å²) in [5.74, 6) is 1.77. The van der Waals surface area contributed by atoms with Crippen LogP contribution in [0.1, 0.15) is 71.8 Å². The summed E-state index contributed by atoms with van der Waals surface area (Å²) in [7, 11) is 0. The Bertz CT molecular complexity index is 2390. The number of carbonyl (C=O) groups excluding carboxylic acids is 1. The van der Waals surface area contributed by atoms with Gasteiger partial charge in [0.05, 0.1) is 29.2 Å². The van der Waals surface area contributed by atoms with Crippen LogP contribution in [0.3, 0.4) is 0 Å². The van der Waals surface area contributed by atoms with Crippen LogP contribution in [0.25, 0.3) is 32.9 Å². The Balaban J connectivity index is 1.14. The number of ether oxygens (including phenoxy) is 3. The first kappa shape index (κ1) is 34.5. The minimum Gasteiger partial charge on any atom is -0.472 e. The molecule has 5 atom stereocenters. The summed E-state index contributed by atoms with van der Waals surface area (Å²) in [5.41, 5.74) is 0.748. The second-order valence-electron chi connectivity index (χ2n) is 17.5. The van der Waals surface area contributed by atoms with E-state index in [1.165, 1.54) is 11.6 Å². The van der Waals surface area contributed by atoms with Crippen molar-refractivity contribution in [2.75, 3.05) is 31.1 Å². The molecule has 12 heteroatoms. The number of anilines is 1. The molecule has 1 saturated carbocycles. The maximum Gasteiger partial charge on any atom is 0.410 e. The van der Waals surface area contributed by atoms with E-state index in [1.807, 2.05) is 32.6 Å². The first-order valence-electron chi connectivity index (χ1n) is 19.4. The van der Waals surface area contributed by atoms with Gasteiger partial charge in [-0.3, -0.25) is 9.80 Å². The summed E-state index contributed by atoms with van der Waals surface area (Å²) < 4.78 is 52.0. The predicted molar refractivity (Wildman–Crippen MR) is 204 cm³/mol. The molecule has 0 radical (unpaired) electrons. The van der Waals surface area contributed by atoms with Gasteiger partial charge in [-0.25, -0.2) is 18.6 Å². The highest BCUT2D eigenvalue weighted by Crippen LogP contribution is 2.66. The van der Waals surface area contributed by atoms with Gasteiger partial charge in [0, 0.05) is 24.0 Å². The maximum atomic E-state index is 17.5. The molecule has 1 amide bonds. The Morgan fingerprint density at radius 2 is 1.93 bits per heavy atom. The molecule has 1 spiro atoms. The lowest BCUT2D eigenvalue weighted by Crippen LogP contribution is -2.65. The maximum absolute atomic E-state index is 17.5. The van der Waals surface area contributed by atoms with Crippen LogP contribution < -0.4 is 14.4 Å². The van der Waals surface area contributed by atoms with Crippen molar-refractivity contribution in [3.8, 4) is 35.5 Å². The summed E-state index contributed by atoms with van der Waals surface area (Å²) in [6, 6.07) is 7.45. The van der Waals surface area contributed by atoms with Gasteiger partial charge in [-0.05, 0) is 89.6 Å². The second-order valence-corrected chi connectivity index (χ2v) is 17.5. The standard InChI is InChI=1S/C43H44F2N6O4/c1-7-27-29(44)13-11-25-9-8-10-28(31(25)27)34-33(45)35-32-37(48-39(47-35)53-22-43-19-23(2)20-49(43)18-17-42(43)15-16-42)50-21-26-12-14-30(36(50)24(3)54-38(32)46-34)51(26)40(52)55-41(4,5)6/h1,8-11,13,24,26,30,36H,2,12,14-22H2,3-6H3/t24-,26+,30-,36+,43?/m0/s1. The smallest absolute Gasteiger partial charge is 0.410 e. The molecule has 2 bridgehead atoms.